The van der Waals surface area contributed by atoms with Crippen LogP contribution < -0.4 is 5.32 Å². The lowest BCUT2D eigenvalue weighted by Gasteiger charge is -2.05. The number of aryl methyl sites for hydroxylation is 2. The van der Waals surface area contributed by atoms with Gasteiger partial charge in [-0.1, -0.05) is 29.8 Å². The van der Waals surface area contributed by atoms with Crippen LogP contribution in [0.4, 0.5) is 5.69 Å². The van der Waals surface area contributed by atoms with Crippen LogP contribution in [0.5, 0.6) is 0 Å². The van der Waals surface area contributed by atoms with Gasteiger partial charge in [-0.2, -0.15) is 5.10 Å². The molecule has 2 aromatic heterocycles. The maximum absolute atomic E-state index is 12.4. The van der Waals surface area contributed by atoms with Crippen LogP contribution in [0, 0.1) is 6.92 Å². The Labute approximate surface area is 126 Å². The molecule has 0 aliphatic heterocycles. The smallest absolute Gasteiger partial charge is 0.276 e. The fourth-order valence-corrected chi connectivity index (χ4v) is 2.30. The van der Waals surface area contributed by atoms with Gasteiger partial charge in [-0.05, 0) is 24.6 Å². The first-order chi connectivity index (χ1) is 10.1. The van der Waals surface area contributed by atoms with E-state index in [2.05, 4.69) is 15.4 Å². The molecule has 0 saturated carbocycles. The average molecular weight is 301 g/mol. The maximum atomic E-state index is 12.4. The SMILES string of the molecule is Cc1cc(NC(=O)c2nn(C)c3ccccc23)cnc1Cl. The number of nitrogens with one attached hydrogen (secondary N) is 1. The Bertz CT molecular complexity index is 841. The van der Waals surface area contributed by atoms with E-state index in [9.17, 15) is 4.79 Å². The summed E-state index contributed by atoms with van der Waals surface area (Å²) in [5.41, 5.74) is 2.70. The number of aromatic nitrogens is 3. The first kappa shape index (κ1) is 13.6. The molecule has 2 heterocycles. The number of fused-ring (bicyclic) bond motifs is 1. The zero-order valence-corrected chi connectivity index (χ0v) is 12.3. The van der Waals surface area contributed by atoms with E-state index < -0.39 is 0 Å². The second kappa shape index (κ2) is 5.18. The van der Waals surface area contributed by atoms with Crippen LogP contribution in [0.2, 0.25) is 5.15 Å². The van der Waals surface area contributed by atoms with Crippen molar-refractivity contribution in [2.24, 2.45) is 7.05 Å². The zero-order chi connectivity index (χ0) is 15.0. The van der Waals surface area contributed by atoms with E-state index in [0.717, 1.165) is 16.5 Å². The molecular weight excluding hydrogens is 288 g/mol. The first-order valence-electron chi connectivity index (χ1n) is 6.41. The summed E-state index contributed by atoms with van der Waals surface area (Å²) in [6.45, 7) is 1.83. The number of benzene rings is 1. The summed E-state index contributed by atoms with van der Waals surface area (Å²) in [5.74, 6) is -0.268. The minimum Gasteiger partial charge on any atom is -0.319 e. The molecule has 3 aromatic rings. The molecule has 0 aliphatic carbocycles. The van der Waals surface area contributed by atoms with Gasteiger partial charge in [-0.25, -0.2) is 4.98 Å². The molecule has 1 amide bonds. The van der Waals surface area contributed by atoms with Crippen molar-refractivity contribution >= 4 is 34.1 Å². The molecule has 0 spiro atoms. The summed E-state index contributed by atoms with van der Waals surface area (Å²) >= 11 is 5.88. The number of pyridine rings is 1. The number of anilines is 1. The van der Waals surface area contributed by atoms with Crippen LogP contribution in [0.25, 0.3) is 10.9 Å². The van der Waals surface area contributed by atoms with Gasteiger partial charge in [0, 0.05) is 12.4 Å². The second-order valence-corrected chi connectivity index (χ2v) is 5.13. The number of carbonyl (C=O) groups is 1. The highest BCUT2D eigenvalue weighted by atomic mass is 35.5. The minimum atomic E-state index is -0.268. The molecule has 6 heteroatoms. The summed E-state index contributed by atoms with van der Waals surface area (Å²) in [6, 6.07) is 9.38. The molecule has 106 valence electrons. The van der Waals surface area contributed by atoms with Gasteiger partial charge in [0.05, 0.1) is 17.4 Å². The van der Waals surface area contributed by atoms with Gasteiger partial charge in [0.1, 0.15) is 5.15 Å². The van der Waals surface area contributed by atoms with Crippen molar-refractivity contribution in [1.29, 1.82) is 0 Å². The quantitative estimate of drug-likeness (QED) is 0.739. The van der Waals surface area contributed by atoms with Gasteiger partial charge in [0.15, 0.2) is 5.69 Å². The fourth-order valence-electron chi connectivity index (χ4n) is 2.20. The third-order valence-electron chi connectivity index (χ3n) is 3.25. The molecular formula is C15H13ClN4O. The second-order valence-electron chi connectivity index (χ2n) is 4.78. The van der Waals surface area contributed by atoms with Crippen LogP contribution in [0.15, 0.2) is 36.5 Å². The maximum Gasteiger partial charge on any atom is 0.276 e. The van der Waals surface area contributed by atoms with Gasteiger partial charge in [-0.3, -0.25) is 9.48 Å². The predicted molar refractivity (Wildman–Crippen MR) is 82.7 cm³/mol. The van der Waals surface area contributed by atoms with Crippen molar-refractivity contribution in [2.45, 2.75) is 6.92 Å². The third kappa shape index (κ3) is 2.48. The lowest BCUT2D eigenvalue weighted by atomic mass is 10.2. The first-order valence-corrected chi connectivity index (χ1v) is 6.79. The van der Waals surface area contributed by atoms with Crippen LogP contribution in [0.3, 0.4) is 0 Å². The van der Waals surface area contributed by atoms with Crippen LogP contribution >= 0.6 is 11.6 Å². The molecule has 0 bridgehead atoms. The molecule has 21 heavy (non-hydrogen) atoms. The monoisotopic (exact) mass is 300 g/mol. The Hall–Kier alpha value is -2.40. The molecule has 3 rings (SSSR count). The molecule has 1 aromatic carbocycles. The van der Waals surface area contributed by atoms with E-state index in [1.54, 1.807) is 10.7 Å². The molecule has 5 nitrogen and oxygen atoms in total. The molecule has 0 saturated heterocycles. The van der Waals surface area contributed by atoms with Crippen molar-refractivity contribution in [3.8, 4) is 0 Å². The number of amides is 1. The molecule has 0 radical (unpaired) electrons. The number of hydrogen-bond acceptors (Lipinski definition) is 3. The number of halogens is 1. The van der Waals surface area contributed by atoms with Crippen molar-refractivity contribution in [1.82, 2.24) is 14.8 Å². The largest absolute Gasteiger partial charge is 0.319 e. The van der Waals surface area contributed by atoms with Gasteiger partial charge in [0.2, 0.25) is 0 Å². The number of para-hydroxylation sites is 1. The van der Waals surface area contributed by atoms with Gasteiger partial charge in [-0.15, -0.1) is 0 Å². The summed E-state index contributed by atoms with van der Waals surface area (Å²) in [5, 5.41) is 8.32. The molecule has 0 fully saturated rings. The van der Waals surface area contributed by atoms with Gasteiger partial charge in [0.25, 0.3) is 5.91 Å². The molecule has 0 unspecified atom stereocenters. The Morgan fingerprint density at radius 1 is 1.33 bits per heavy atom. The topological polar surface area (TPSA) is 59.8 Å². The van der Waals surface area contributed by atoms with E-state index in [0.29, 0.717) is 16.5 Å². The van der Waals surface area contributed by atoms with E-state index in [4.69, 9.17) is 11.6 Å². The van der Waals surface area contributed by atoms with Gasteiger partial charge >= 0.3 is 0 Å². The number of rotatable bonds is 2. The minimum absolute atomic E-state index is 0.268. The zero-order valence-electron chi connectivity index (χ0n) is 11.6. The lowest BCUT2D eigenvalue weighted by Crippen LogP contribution is -2.13. The number of hydrogen-bond donors (Lipinski definition) is 1. The highest BCUT2D eigenvalue weighted by molar-refractivity contribution is 6.30. The van der Waals surface area contributed by atoms with Crippen LogP contribution in [-0.2, 0) is 7.05 Å². The summed E-state index contributed by atoms with van der Waals surface area (Å²) in [7, 11) is 1.81. The van der Waals surface area contributed by atoms with E-state index >= 15 is 0 Å². The molecule has 0 atom stereocenters. The molecule has 1 N–H and O–H groups in total. The normalized spacial score (nSPS) is 10.8. The molecule has 0 aliphatic rings. The van der Waals surface area contributed by atoms with Crippen molar-refractivity contribution in [2.75, 3.05) is 5.32 Å². The Balaban J connectivity index is 1.95. The van der Waals surface area contributed by atoms with Gasteiger partial charge < -0.3 is 5.32 Å². The number of carbonyl (C=O) groups excluding carboxylic acids is 1. The Kier molecular flexibility index (Phi) is 3.35. The van der Waals surface area contributed by atoms with Crippen molar-refractivity contribution in [3.05, 3.63) is 52.9 Å². The highest BCUT2D eigenvalue weighted by Crippen LogP contribution is 2.20. The standard InChI is InChI=1S/C15H13ClN4O/c1-9-7-10(8-17-14(9)16)18-15(21)13-11-5-3-4-6-12(11)20(2)19-13/h3-8H,1-2H3,(H,18,21). The summed E-state index contributed by atoms with van der Waals surface area (Å²) in [6.07, 6.45) is 1.53. The summed E-state index contributed by atoms with van der Waals surface area (Å²) in [4.78, 5) is 16.4. The summed E-state index contributed by atoms with van der Waals surface area (Å²) < 4.78 is 1.69. The van der Waals surface area contributed by atoms with Crippen molar-refractivity contribution < 1.29 is 4.79 Å². The predicted octanol–water partition coefficient (Wildman–Crippen LogP) is 3.18. The Morgan fingerprint density at radius 2 is 2.10 bits per heavy atom. The average Bonchev–Trinajstić information content (AvgIpc) is 2.81. The van der Waals surface area contributed by atoms with Crippen LogP contribution in [-0.4, -0.2) is 20.7 Å². The Morgan fingerprint density at radius 3 is 2.86 bits per heavy atom. The van der Waals surface area contributed by atoms with Crippen LogP contribution in [0.1, 0.15) is 16.1 Å². The third-order valence-corrected chi connectivity index (χ3v) is 3.64. The lowest BCUT2D eigenvalue weighted by molar-refractivity contribution is 0.102. The number of nitrogens with zero attached hydrogens (tertiary/aromatic N) is 3. The van der Waals surface area contributed by atoms with E-state index in [1.807, 2.05) is 38.2 Å². The van der Waals surface area contributed by atoms with E-state index in [1.165, 1.54) is 6.20 Å². The highest BCUT2D eigenvalue weighted by Gasteiger charge is 2.16. The van der Waals surface area contributed by atoms with Crippen molar-refractivity contribution in [3.63, 3.8) is 0 Å². The van der Waals surface area contributed by atoms with E-state index in [-0.39, 0.29) is 5.91 Å². The fraction of sp³-hybridized carbons (Fsp3) is 0.133.